The van der Waals surface area contributed by atoms with E-state index in [0.717, 1.165) is 6.26 Å². The summed E-state index contributed by atoms with van der Waals surface area (Å²) in [6, 6.07) is 2.57. The maximum absolute atomic E-state index is 12.2. The Bertz CT molecular complexity index is 463. The van der Waals surface area contributed by atoms with E-state index in [2.05, 4.69) is 4.42 Å². The van der Waals surface area contributed by atoms with Gasteiger partial charge in [0.2, 0.25) is 0 Å². The molecule has 6 heteroatoms. The van der Waals surface area contributed by atoms with Crippen LogP contribution in [0.1, 0.15) is 17.3 Å². The number of ether oxygens (including phenoxy) is 1. The highest BCUT2D eigenvalue weighted by Gasteiger charge is 2.30. The molecule has 1 aliphatic rings. The summed E-state index contributed by atoms with van der Waals surface area (Å²) in [7, 11) is 0. The van der Waals surface area contributed by atoms with E-state index in [9.17, 15) is 9.59 Å². The predicted octanol–water partition coefficient (Wildman–Crippen LogP) is -0.138. The summed E-state index contributed by atoms with van der Waals surface area (Å²) in [6.07, 6.45) is 0.793. The second kappa shape index (κ2) is 5.32. The highest BCUT2D eigenvalue weighted by atomic mass is 16.5. The van der Waals surface area contributed by atoms with Gasteiger partial charge in [-0.2, -0.15) is 0 Å². The highest BCUT2D eigenvalue weighted by Crippen LogP contribution is 2.14. The molecule has 1 N–H and O–H groups in total. The molecule has 0 bridgehead atoms. The number of hydrogen-bond donors (Lipinski definition) is 1. The Morgan fingerprint density at radius 3 is 2.94 bits per heavy atom. The van der Waals surface area contributed by atoms with E-state index in [1.54, 1.807) is 4.90 Å². The van der Waals surface area contributed by atoms with E-state index in [0.29, 0.717) is 18.7 Å². The molecule has 6 nitrogen and oxygen atoms in total. The molecular weight excluding hydrogens is 238 g/mol. The minimum absolute atomic E-state index is 0.0766. The Balaban J connectivity index is 2.16. The first-order valence-electron chi connectivity index (χ1n) is 5.74. The smallest absolute Gasteiger partial charge is 0.335 e. The zero-order chi connectivity index (χ0) is 13.1. The molecule has 0 radical (unpaired) electrons. The van der Waals surface area contributed by atoms with Gasteiger partial charge >= 0.3 is 5.63 Å². The molecule has 0 aromatic carbocycles. The summed E-state index contributed by atoms with van der Waals surface area (Å²) in [5, 5.41) is 9.06. The Morgan fingerprint density at radius 2 is 2.33 bits per heavy atom. The first-order valence-corrected chi connectivity index (χ1v) is 5.74. The molecule has 2 heterocycles. The fourth-order valence-corrected chi connectivity index (χ4v) is 1.86. The van der Waals surface area contributed by atoms with Crippen molar-refractivity contribution in [1.82, 2.24) is 4.90 Å². The number of aliphatic hydroxyl groups is 1. The summed E-state index contributed by atoms with van der Waals surface area (Å²) < 4.78 is 10.0. The van der Waals surface area contributed by atoms with Crippen molar-refractivity contribution in [1.29, 1.82) is 0 Å². The third-order valence-electron chi connectivity index (χ3n) is 2.92. The van der Waals surface area contributed by atoms with Crippen LogP contribution in [-0.2, 0) is 4.74 Å². The number of morpholine rings is 1. The Labute approximate surface area is 104 Å². The van der Waals surface area contributed by atoms with Crippen LogP contribution < -0.4 is 5.63 Å². The zero-order valence-electron chi connectivity index (χ0n) is 10.0. The van der Waals surface area contributed by atoms with Gasteiger partial charge in [0.1, 0.15) is 6.26 Å². The van der Waals surface area contributed by atoms with E-state index < -0.39 is 5.63 Å². The van der Waals surface area contributed by atoms with Crippen molar-refractivity contribution in [2.75, 3.05) is 19.8 Å². The lowest BCUT2D eigenvalue weighted by molar-refractivity contribution is -0.0667. The number of nitrogens with zero attached hydrogens (tertiary/aromatic N) is 1. The van der Waals surface area contributed by atoms with Gasteiger partial charge in [-0.05, 0) is 13.0 Å². The van der Waals surface area contributed by atoms with Crippen LogP contribution in [0.4, 0.5) is 0 Å². The quantitative estimate of drug-likeness (QED) is 0.793. The first kappa shape index (κ1) is 12.8. The molecule has 1 saturated heterocycles. The Morgan fingerprint density at radius 1 is 1.56 bits per heavy atom. The molecule has 1 fully saturated rings. The molecule has 1 amide bonds. The minimum atomic E-state index is -0.491. The molecule has 1 aromatic rings. The van der Waals surface area contributed by atoms with Crippen LogP contribution in [0.25, 0.3) is 0 Å². The van der Waals surface area contributed by atoms with Crippen LogP contribution in [0.2, 0.25) is 0 Å². The molecule has 2 rings (SSSR count). The maximum Gasteiger partial charge on any atom is 0.335 e. The molecule has 18 heavy (non-hydrogen) atoms. The van der Waals surface area contributed by atoms with Gasteiger partial charge in [0.25, 0.3) is 5.91 Å². The fourth-order valence-electron chi connectivity index (χ4n) is 1.86. The topological polar surface area (TPSA) is 80.0 Å². The number of carbonyl (C=O) groups is 1. The predicted molar refractivity (Wildman–Crippen MR) is 62.3 cm³/mol. The van der Waals surface area contributed by atoms with Gasteiger partial charge in [-0.15, -0.1) is 0 Å². The van der Waals surface area contributed by atoms with Gasteiger partial charge in [0.15, 0.2) is 0 Å². The zero-order valence-corrected chi connectivity index (χ0v) is 10.0. The van der Waals surface area contributed by atoms with Crippen LogP contribution in [0, 0.1) is 0 Å². The van der Waals surface area contributed by atoms with E-state index in [4.69, 9.17) is 9.84 Å². The largest absolute Gasteiger partial charge is 0.430 e. The summed E-state index contributed by atoms with van der Waals surface area (Å²) in [6.45, 7) is 2.45. The first-order chi connectivity index (χ1) is 8.61. The van der Waals surface area contributed by atoms with Crippen molar-refractivity contribution in [3.8, 4) is 0 Å². The third-order valence-corrected chi connectivity index (χ3v) is 2.92. The van der Waals surface area contributed by atoms with Crippen LogP contribution >= 0.6 is 0 Å². The number of aliphatic hydroxyl groups excluding tert-OH is 1. The number of rotatable bonds is 2. The third kappa shape index (κ3) is 2.60. The molecule has 1 aliphatic heterocycles. The van der Waals surface area contributed by atoms with Crippen LogP contribution in [-0.4, -0.2) is 47.8 Å². The molecule has 2 unspecified atom stereocenters. The van der Waals surface area contributed by atoms with Crippen LogP contribution in [0.5, 0.6) is 0 Å². The van der Waals surface area contributed by atoms with Gasteiger partial charge in [-0.25, -0.2) is 4.79 Å². The van der Waals surface area contributed by atoms with Gasteiger partial charge in [-0.1, -0.05) is 0 Å². The lowest BCUT2D eigenvalue weighted by Gasteiger charge is -2.37. The standard InChI is InChI=1S/C12H15NO5/c1-8-6-17-10(5-14)4-13(8)12(16)9-2-3-11(15)18-7-9/h2-3,7-8,10,14H,4-6H2,1H3. The van der Waals surface area contributed by atoms with Crippen molar-refractivity contribution in [2.24, 2.45) is 0 Å². The molecule has 0 spiro atoms. The molecule has 98 valence electrons. The SMILES string of the molecule is CC1COC(CO)CN1C(=O)c1ccc(=O)oc1. The Kier molecular flexibility index (Phi) is 3.78. The highest BCUT2D eigenvalue weighted by molar-refractivity contribution is 5.94. The average molecular weight is 253 g/mol. The van der Waals surface area contributed by atoms with Gasteiger partial charge < -0.3 is 19.2 Å². The molecule has 0 saturated carbocycles. The minimum Gasteiger partial charge on any atom is -0.430 e. The summed E-state index contributed by atoms with van der Waals surface area (Å²) >= 11 is 0. The van der Waals surface area contributed by atoms with Gasteiger partial charge in [0, 0.05) is 12.6 Å². The fraction of sp³-hybridized carbons (Fsp3) is 0.500. The normalized spacial score (nSPS) is 24.0. The molecule has 2 atom stereocenters. The lowest BCUT2D eigenvalue weighted by Crippen LogP contribution is -2.52. The molecular formula is C12H15NO5. The van der Waals surface area contributed by atoms with Crippen LogP contribution in [0.15, 0.2) is 27.6 Å². The molecule has 0 aliphatic carbocycles. The van der Waals surface area contributed by atoms with Crippen molar-refractivity contribution >= 4 is 5.91 Å². The van der Waals surface area contributed by atoms with E-state index in [-0.39, 0.29) is 24.7 Å². The summed E-state index contributed by atoms with van der Waals surface area (Å²) in [4.78, 5) is 24.7. The van der Waals surface area contributed by atoms with Crippen molar-refractivity contribution in [2.45, 2.75) is 19.1 Å². The van der Waals surface area contributed by atoms with Gasteiger partial charge in [-0.3, -0.25) is 4.79 Å². The Hall–Kier alpha value is -1.66. The second-order valence-electron chi connectivity index (χ2n) is 4.29. The van der Waals surface area contributed by atoms with Crippen molar-refractivity contribution in [3.63, 3.8) is 0 Å². The van der Waals surface area contributed by atoms with Crippen molar-refractivity contribution in [3.05, 3.63) is 34.4 Å². The number of hydrogen-bond acceptors (Lipinski definition) is 5. The average Bonchev–Trinajstić information content (AvgIpc) is 2.39. The summed E-state index contributed by atoms with van der Waals surface area (Å²) in [5.41, 5.74) is -0.171. The van der Waals surface area contributed by atoms with E-state index >= 15 is 0 Å². The van der Waals surface area contributed by atoms with E-state index in [1.807, 2.05) is 6.92 Å². The van der Waals surface area contributed by atoms with Gasteiger partial charge in [0.05, 0.1) is 30.9 Å². The van der Waals surface area contributed by atoms with E-state index in [1.165, 1.54) is 12.1 Å². The van der Waals surface area contributed by atoms with Crippen molar-refractivity contribution < 1.29 is 19.1 Å². The summed E-state index contributed by atoms with van der Waals surface area (Å²) in [5.74, 6) is -0.229. The number of carbonyl (C=O) groups excluding carboxylic acids is 1. The second-order valence-corrected chi connectivity index (χ2v) is 4.29. The van der Waals surface area contributed by atoms with Crippen LogP contribution in [0.3, 0.4) is 0 Å². The number of amides is 1. The lowest BCUT2D eigenvalue weighted by atomic mass is 10.1. The monoisotopic (exact) mass is 253 g/mol. The maximum atomic E-state index is 12.2. The molecule has 1 aromatic heterocycles.